The fourth-order valence-corrected chi connectivity index (χ4v) is 1.64. The smallest absolute Gasteiger partial charge is 0.254 e. The summed E-state index contributed by atoms with van der Waals surface area (Å²) in [5.41, 5.74) is 0.179. The van der Waals surface area contributed by atoms with Gasteiger partial charge in [-0.15, -0.1) is 0 Å². The van der Waals surface area contributed by atoms with Crippen LogP contribution in [0.15, 0.2) is 12.1 Å². The van der Waals surface area contributed by atoms with E-state index in [1.165, 1.54) is 12.1 Å². The summed E-state index contributed by atoms with van der Waals surface area (Å²) in [4.78, 5) is 26.8. The highest BCUT2D eigenvalue weighted by Gasteiger charge is 2.13. The van der Waals surface area contributed by atoms with Gasteiger partial charge in [-0.3, -0.25) is 9.59 Å². The standard InChI is InChI=1S/C11H13Cl2N3O2/c1-6(2)15-9(17)5-14-11(18)7-3-4-8(12)16-10(7)13/h3-4,6H,5H2,1-2H3,(H,14,18)(H,15,17). The Hall–Kier alpha value is -1.33. The zero-order chi connectivity index (χ0) is 13.7. The lowest BCUT2D eigenvalue weighted by Crippen LogP contribution is -2.39. The highest BCUT2D eigenvalue weighted by Crippen LogP contribution is 2.16. The number of pyridine rings is 1. The van der Waals surface area contributed by atoms with Gasteiger partial charge in [-0.1, -0.05) is 23.2 Å². The number of hydrogen-bond acceptors (Lipinski definition) is 3. The van der Waals surface area contributed by atoms with Gasteiger partial charge in [0, 0.05) is 6.04 Å². The van der Waals surface area contributed by atoms with Crippen LogP contribution in [-0.2, 0) is 4.79 Å². The van der Waals surface area contributed by atoms with Gasteiger partial charge in [0.2, 0.25) is 5.91 Å². The number of carbonyl (C=O) groups is 2. The predicted molar refractivity (Wildman–Crippen MR) is 69.9 cm³/mol. The summed E-state index contributed by atoms with van der Waals surface area (Å²) in [5, 5.41) is 5.30. The van der Waals surface area contributed by atoms with Crippen LogP contribution in [0.25, 0.3) is 0 Å². The fraction of sp³-hybridized carbons (Fsp3) is 0.364. The second-order valence-electron chi connectivity index (χ2n) is 3.88. The Labute approximate surface area is 115 Å². The topological polar surface area (TPSA) is 71.1 Å². The van der Waals surface area contributed by atoms with Crippen LogP contribution in [0.5, 0.6) is 0 Å². The molecule has 0 aliphatic carbocycles. The van der Waals surface area contributed by atoms with Crippen molar-refractivity contribution >= 4 is 35.0 Å². The van der Waals surface area contributed by atoms with E-state index in [-0.39, 0.29) is 34.4 Å². The van der Waals surface area contributed by atoms with Crippen molar-refractivity contribution in [3.63, 3.8) is 0 Å². The van der Waals surface area contributed by atoms with Gasteiger partial charge in [-0.25, -0.2) is 4.98 Å². The molecule has 18 heavy (non-hydrogen) atoms. The Kier molecular flexibility index (Phi) is 5.37. The SMILES string of the molecule is CC(C)NC(=O)CNC(=O)c1ccc(Cl)nc1Cl. The maximum absolute atomic E-state index is 11.7. The zero-order valence-electron chi connectivity index (χ0n) is 9.96. The number of nitrogens with zero attached hydrogens (tertiary/aromatic N) is 1. The molecule has 0 unspecified atom stereocenters. The maximum Gasteiger partial charge on any atom is 0.254 e. The van der Waals surface area contributed by atoms with E-state index in [4.69, 9.17) is 23.2 Å². The van der Waals surface area contributed by atoms with Crippen molar-refractivity contribution in [3.05, 3.63) is 28.0 Å². The first-order valence-corrected chi connectivity index (χ1v) is 6.05. The van der Waals surface area contributed by atoms with Crippen molar-refractivity contribution in [2.45, 2.75) is 19.9 Å². The molecule has 2 amide bonds. The number of hydrogen-bond donors (Lipinski definition) is 2. The molecule has 2 N–H and O–H groups in total. The third-order valence-electron chi connectivity index (χ3n) is 1.92. The minimum absolute atomic E-state index is 0.00395. The molecule has 0 saturated heterocycles. The summed E-state index contributed by atoms with van der Waals surface area (Å²) in [7, 11) is 0. The molecule has 1 rings (SSSR count). The molecule has 7 heteroatoms. The fourth-order valence-electron chi connectivity index (χ4n) is 1.21. The molecule has 0 fully saturated rings. The summed E-state index contributed by atoms with van der Waals surface area (Å²) < 4.78 is 0. The molecule has 98 valence electrons. The van der Waals surface area contributed by atoms with Crippen molar-refractivity contribution in [1.82, 2.24) is 15.6 Å². The van der Waals surface area contributed by atoms with Crippen molar-refractivity contribution in [1.29, 1.82) is 0 Å². The number of aromatic nitrogens is 1. The van der Waals surface area contributed by atoms with Crippen LogP contribution in [0.3, 0.4) is 0 Å². The molecule has 0 bridgehead atoms. The number of carbonyl (C=O) groups excluding carboxylic acids is 2. The molecular formula is C11H13Cl2N3O2. The highest BCUT2D eigenvalue weighted by atomic mass is 35.5. The number of rotatable bonds is 4. The van der Waals surface area contributed by atoms with Gasteiger partial charge >= 0.3 is 0 Å². The van der Waals surface area contributed by atoms with Crippen molar-refractivity contribution in [2.24, 2.45) is 0 Å². The van der Waals surface area contributed by atoms with Crippen molar-refractivity contribution in [2.75, 3.05) is 6.54 Å². The average Bonchev–Trinajstić information content (AvgIpc) is 2.25. The molecule has 0 aromatic carbocycles. The van der Waals surface area contributed by atoms with Gasteiger partial charge in [0.05, 0.1) is 12.1 Å². The molecule has 0 saturated carbocycles. The lowest BCUT2D eigenvalue weighted by Gasteiger charge is -2.09. The normalized spacial score (nSPS) is 10.3. The molecule has 0 atom stereocenters. The summed E-state index contributed by atoms with van der Waals surface area (Å²) in [5.74, 6) is -0.737. The van der Waals surface area contributed by atoms with Gasteiger partial charge in [0.25, 0.3) is 5.91 Å². The van der Waals surface area contributed by atoms with E-state index in [0.29, 0.717) is 0 Å². The Balaban J connectivity index is 2.58. The zero-order valence-corrected chi connectivity index (χ0v) is 11.5. The lowest BCUT2D eigenvalue weighted by molar-refractivity contribution is -0.120. The van der Waals surface area contributed by atoms with Crippen LogP contribution in [0.2, 0.25) is 10.3 Å². The molecule has 0 spiro atoms. The molecule has 1 aromatic rings. The third-order valence-corrected chi connectivity index (χ3v) is 2.42. The van der Waals surface area contributed by atoms with Crippen LogP contribution in [0.4, 0.5) is 0 Å². The number of amides is 2. The van der Waals surface area contributed by atoms with Gasteiger partial charge in [0.1, 0.15) is 10.3 Å². The summed E-state index contributed by atoms with van der Waals surface area (Å²) >= 11 is 11.4. The van der Waals surface area contributed by atoms with Crippen LogP contribution in [0.1, 0.15) is 24.2 Å². The van der Waals surface area contributed by atoms with E-state index in [9.17, 15) is 9.59 Å². The molecule has 5 nitrogen and oxygen atoms in total. The summed E-state index contributed by atoms with van der Waals surface area (Å²) in [6.45, 7) is 3.55. The van der Waals surface area contributed by atoms with Crippen LogP contribution in [-0.4, -0.2) is 29.4 Å². The summed E-state index contributed by atoms with van der Waals surface area (Å²) in [6, 6.07) is 2.93. The Bertz CT molecular complexity index is 464. The van der Waals surface area contributed by atoms with Gasteiger partial charge in [-0.05, 0) is 26.0 Å². The molecule has 0 aliphatic heterocycles. The Morgan fingerprint density at radius 1 is 1.33 bits per heavy atom. The van der Waals surface area contributed by atoms with Gasteiger partial charge in [0.15, 0.2) is 0 Å². The maximum atomic E-state index is 11.7. The van der Waals surface area contributed by atoms with Gasteiger partial charge < -0.3 is 10.6 Å². The Morgan fingerprint density at radius 3 is 2.56 bits per heavy atom. The summed E-state index contributed by atoms with van der Waals surface area (Å²) in [6.07, 6.45) is 0. The van der Waals surface area contributed by atoms with E-state index < -0.39 is 5.91 Å². The third kappa shape index (κ3) is 4.50. The highest BCUT2D eigenvalue weighted by molar-refractivity contribution is 6.34. The van der Waals surface area contributed by atoms with Crippen molar-refractivity contribution < 1.29 is 9.59 Å². The largest absolute Gasteiger partial charge is 0.352 e. The number of nitrogens with one attached hydrogen (secondary N) is 2. The van der Waals surface area contributed by atoms with E-state index in [1.807, 2.05) is 13.8 Å². The minimum atomic E-state index is -0.469. The Morgan fingerprint density at radius 2 is 2.00 bits per heavy atom. The first-order chi connectivity index (χ1) is 8.40. The monoisotopic (exact) mass is 289 g/mol. The molecule has 0 aliphatic rings. The molecular weight excluding hydrogens is 277 g/mol. The molecule has 1 aromatic heterocycles. The van der Waals surface area contributed by atoms with Crippen LogP contribution in [0, 0.1) is 0 Å². The van der Waals surface area contributed by atoms with Crippen LogP contribution >= 0.6 is 23.2 Å². The number of halogens is 2. The lowest BCUT2D eigenvalue weighted by atomic mass is 10.2. The van der Waals surface area contributed by atoms with Crippen molar-refractivity contribution in [3.8, 4) is 0 Å². The van der Waals surface area contributed by atoms with E-state index in [0.717, 1.165) is 0 Å². The minimum Gasteiger partial charge on any atom is -0.352 e. The van der Waals surface area contributed by atoms with Gasteiger partial charge in [-0.2, -0.15) is 0 Å². The second kappa shape index (κ2) is 6.56. The van der Waals surface area contributed by atoms with E-state index >= 15 is 0 Å². The predicted octanol–water partition coefficient (Wildman–Crippen LogP) is 1.64. The molecule has 1 heterocycles. The molecule has 0 radical (unpaired) electrons. The average molecular weight is 290 g/mol. The first-order valence-electron chi connectivity index (χ1n) is 5.29. The first kappa shape index (κ1) is 14.7. The second-order valence-corrected chi connectivity index (χ2v) is 4.62. The van der Waals surface area contributed by atoms with E-state index in [1.54, 1.807) is 0 Å². The van der Waals surface area contributed by atoms with Crippen LogP contribution < -0.4 is 10.6 Å². The quantitative estimate of drug-likeness (QED) is 0.828. The van der Waals surface area contributed by atoms with E-state index in [2.05, 4.69) is 15.6 Å².